The van der Waals surface area contributed by atoms with E-state index in [1.807, 2.05) is 13.8 Å². The van der Waals surface area contributed by atoms with Crippen molar-refractivity contribution in [2.24, 2.45) is 0 Å². The molecule has 0 aromatic rings. The number of fused-ring (bicyclic) bond motifs is 1. The lowest BCUT2D eigenvalue weighted by atomic mass is 10.0. The molecule has 0 amide bonds. The number of aryl methyl sites for hydroxylation is 1. The molecule has 2 heterocycles. The van der Waals surface area contributed by atoms with Crippen molar-refractivity contribution in [1.29, 1.82) is 0 Å². The van der Waals surface area contributed by atoms with E-state index in [0.29, 0.717) is 16.0 Å². The first-order valence-electron chi connectivity index (χ1n) is 5.19. The molecule has 2 aliphatic rings. The van der Waals surface area contributed by atoms with Gasteiger partial charge in [-0.1, -0.05) is 26.1 Å². The van der Waals surface area contributed by atoms with E-state index in [4.69, 9.17) is 12.2 Å². The van der Waals surface area contributed by atoms with Crippen LogP contribution in [-0.4, -0.2) is 9.97 Å². The summed E-state index contributed by atoms with van der Waals surface area (Å²) in [4.78, 5) is 7.26. The number of halogens is 1. The van der Waals surface area contributed by atoms with Gasteiger partial charge in [-0.2, -0.15) is 0 Å². The van der Waals surface area contributed by atoms with Crippen molar-refractivity contribution in [3.05, 3.63) is 33.8 Å². The predicted molar refractivity (Wildman–Crippen MR) is 64.8 cm³/mol. The van der Waals surface area contributed by atoms with Crippen LogP contribution in [0.4, 0.5) is 4.39 Å². The number of pyridine rings is 2. The average molecular weight is 236 g/mol. The second-order valence-electron chi connectivity index (χ2n) is 4.23. The predicted octanol–water partition coefficient (Wildman–Crippen LogP) is 3.81. The van der Waals surface area contributed by atoms with Gasteiger partial charge in [0.05, 0.1) is 5.56 Å². The SMILES string of the molecule is Cc1cc(F)c2cc(C(C)C)c(=S)nc-2[nH]1. The molecule has 1 N–H and O–H groups in total. The summed E-state index contributed by atoms with van der Waals surface area (Å²) in [5.41, 5.74) is 2.16. The largest absolute Gasteiger partial charge is 0.343 e. The van der Waals surface area contributed by atoms with Crippen LogP contribution in [0.15, 0.2) is 12.1 Å². The highest BCUT2D eigenvalue weighted by Gasteiger charge is 2.14. The zero-order valence-electron chi connectivity index (χ0n) is 9.47. The van der Waals surface area contributed by atoms with Crippen LogP contribution in [0.3, 0.4) is 0 Å². The van der Waals surface area contributed by atoms with Gasteiger partial charge in [-0.05, 0) is 30.5 Å². The first-order chi connectivity index (χ1) is 7.49. The molecule has 2 aliphatic heterocycles. The van der Waals surface area contributed by atoms with Gasteiger partial charge >= 0.3 is 0 Å². The summed E-state index contributed by atoms with van der Waals surface area (Å²) in [6.45, 7) is 5.84. The highest BCUT2D eigenvalue weighted by Crippen LogP contribution is 2.26. The van der Waals surface area contributed by atoms with Gasteiger partial charge in [-0.3, -0.25) is 0 Å². The normalized spacial score (nSPS) is 11.3. The zero-order chi connectivity index (χ0) is 11.9. The van der Waals surface area contributed by atoms with Crippen LogP contribution in [0, 0.1) is 17.4 Å². The van der Waals surface area contributed by atoms with E-state index < -0.39 is 0 Å². The molecule has 0 atom stereocenters. The second kappa shape index (κ2) is 3.94. The number of nitrogens with zero attached hydrogens (tertiary/aromatic N) is 1. The number of rotatable bonds is 1. The van der Waals surface area contributed by atoms with Crippen molar-refractivity contribution >= 4 is 12.2 Å². The number of aromatic nitrogens is 2. The third kappa shape index (κ3) is 1.85. The van der Waals surface area contributed by atoms with Crippen molar-refractivity contribution in [1.82, 2.24) is 9.97 Å². The van der Waals surface area contributed by atoms with Crippen LogP contribution in [-0.2, 0) is 0 Å². The fraction of sp³-hybridized carbons (Fsp3) is 0.333. The Hall–Kier alpha value is -1.29. The summed E-state index contributed by atoms with van der Waals surface area (Å²) in [6.07, 6.45) is 0. The van der Waals surface area contributed by atoms with Gasteiger partial charge in [0.2, 0.25) is 0 Å². The Bertz CT molecular complexity index is 560. The Morgan fingerprint density at radius 3 is 2.69 bits per heavy atom. The first kappa shape index (κ1) is 11.2. The molecule has 0 saturated heterocycles. The lowest BCUT2D eigenvalue weighted by Gasteiger charge is -2.12. The Morgan fingerprint density at radius 1 is 1.38 bits per heavy atom. The third-order valence-electron chi connectivity index (χ3n) is 2.55. The molecule has 0 saturated carbocycles. The molecule has 0 unspecified atom stereocenters. The lowest BCUT2D eigenvalue weighted by Crippen LogP contribution is -2.01. The summed E-state index contributed by atoms with van der Waals surface area (Å²) in [5.74, 6) is 0.521. The van der Waals surface area contributed by atoms with Gasteiger partial charge in [-0.25, -0.2) is 9.37 Å². The average Bonchev–Trinajstić information content (AvgIpc) is 2.15. The second-order valence-corrected chi connectivity index (χ2v) is 4.62. The summed E-state index contributed by atoms with van der Waals surface area (Å²) >= 11 is 5.19. The standard InChI is InChI=1S/C12H13FN2S/c1-6(2)8-5-9-10(13)4-7(3)14-11(9)15-12(8)16/h4-6H,1-3H3,(H,14,15,16). The maximum absolute atomic E-state index is 13.7. The van der Waals surface area contributed by atoms with E-state index in [1.165, 1.54) is 6.07 Å². The van der Waals surface area contributed by atoms with Gasteiger partial charge in [-0.15, -0.1) is 0 Å². The first-order valence-corrected chi connectivity index (χ1v) is 5.60. The van der Waals surface area contributed by atoms with E-state index >= 15 is 0 Å². The fourth-order valence-corrected chi connectivity index (χ4v) is 2.08. The monoisotopic (exact) mass is 236 g/mol. The highest BCUT2D eigenvalue weighted by molar-refractivity contribution is 7.71. The number of aromatic amines is 1. The van der Waals surface area contributed by atoms with Gasteiger partial charge in [0, 0.05) is 5.69 Å². The van der Waals surface area contributed by atoms with Crippen LogP contribution in [0.5, 0.6) is 0 Å². The van der Waals surface area contributed by atoms with Crippen LogP contribution in [0.2, 0.25) is 0 Å². The van der Waals surface area contributed by atoms with Gasteiger partial charge in [0.25, 0.3) is 0 Å². The maximum atomic E-state index is 13.7. The van der Waals surface area contributed by atoms with Crippen LogP contribution in [0.1, 0.15) is 31.0 Å². The van der Waals surface area contributed by atoms with Gasteiger partial charge in [0.15, 0.2) is 0 Å². The molecule has 2 rings (SSSR count). The van der Waals surface area contributed by atoms with E-state index in [0.717, 1.165) is 11.3 Å². The number of hydrogen-bond donors (Lipinski definition) is 1. The van der Waals surface area contributed by atoms with E-state index in [9.17, 15) is 4.39 Å². The number of nitrogens with one attached hydrogen (secondary N) is 1. The Morgan fingerprint density at radius 2 is 2.06 bits per heavy atom. The Kier molecular flexibility index (Phi) is 2.76. The highest BCUT2D eigenvalue weighted by atomic mass is 32.1. The molecule has 2 nitrogen and oxygen atoms in total. The summed E-state index contributed by atoms with van der Waals surface area (Å²) in [6, 6.07) is 3.26. The topological polar surface area (TPSA) is 28.7 Å². The van der Waals surface area contributed by atoms with Gasteiger partial charge < -0.3 is 4.98 Å². The lowest BCUT2D eigenvalue weighted by molar-refractivity contribution is 0.625. The minimum absolute atomic E-state index is 0.254. The fourth-order valence-electron chi connectivity index (χ4n) is 1.69. The molecule has 0 radical (unpaired) electrons. The molecule has 0 fully saturated rings. The van der Waals surface area contributed by atoms with E-state index in [1.54, 1.807) is 13.0 Å². The molecule has 4 heteroatoms. The van der Waals surface area contributed by atoms with Crippen molar-refractivity contribution in [2.45, 2.75) is 26.7 Å². The van der Waals surface area contributed by atoms with Crippen LogP contribution >= 0.6 is 12.2 Å². The zero-order valence-corrected chi connectivity index (χ0v) is 10.3. The van der Waals surface area contributed by atoms with Crippen molar-refractivity contribution in [3.63, 3.8) is 0 Å². The molecule has 0 aromatic heterocycles. The Balaban J connectivity index is 2.80. The molecule has 0 spiro atoms. The summed E-state index contributed by atoms with van der Waals surface area (Å²) in [5, 5.41) is 0. The molecule has 16 heavy (non-hydrogen) atoms. The molecule has 0 aromatic carbocycles. The summed E-state index contributed by atoms with van der Waals surface area (Å²) < 4.78 is 14.3. The minimum atomic E-state index is -0.254. The van der Waals surface area contributed by atoms with E-state index in [2.05, 4.69) is 9.97 Å². The molecular weight excluding hydrogens is 223 g/mol. The molecule has 0 aliphatic carbocycles. The summed E-state index contributed by atoms with van der Waals surface area (Å²) in [7, 11) is 0. The number of H-pyrrole nitrogens is 1. The third-order valence-corrected chi connectivity index (χ3v) is 2.88. The van der Waals surface area contributed by atoms with Gasteiger partial charge in [0.1, 0.15) is 16.3 Å². The van der Waals surface area contributed by atoms with Crippen LogP contribution < -0.4 is 0 Å². The maximum Gasteiger partial charge on any atom is 0.142 e. The van der Waals surface area contributed by atoms with Crippen LogP contribution in [0.25, 0.3) is 11.4 Å². The molecular formula is C12H13FN2S. The minimum Gasteiger partial charge on any atom is -0.343 e. The van der Waals surface area contributed by atoms with E-state index in [-0.39, 0.29) is 11.7 Å². The smallest absolute Gasteiger partial charge is 0.142 e. The van der Waals surface area contributed by atoms with Crippen molar-refractivity contribution in [3.8, 4) is 11.4 Å². The van der Waals surface area contributed by atoms with Crippen molar-refractivity contribution < 1.29 is 4.39 Å². The Labute approximate surface area is 98.9 Å². The van der Waals surface area contributed by atoms with Crippen molar-refractivity contribution in [2.75, 3.05) is 0 Å². The number of hydrogen-bond acceptors (Lipinski definition) is 2. The quantitative estimate of drug-likeness (QED) is 0.763. The molecule has 0 bridgehead atoms. The molecule has 84 valence electrons.